The maximum atomic E-state index is 13.3. The predicted octanol–water partition coefficient (Wildman–Crippen LogP) is 4.64. The van der Waals surface area contributed by atoms with E-state index < -0.39 is 6.10 Å². The molecule has 0 spiro atoms. The zero-order valence-corrected chi connectivity index (χ0v) is 18.8. The number of halogens is 1. The number of aliphatic hydroxyl groups is 1. The molecular weight excluding hydrogens is 439 g/mol. The monoisotopic (exact) mass is 462 g/mol. The van der Waals surface area contributed by atoms with Crippen molar-refractivity contribution in [3.8, 4) is 11.3 Å². The van der Waals surface area contributed by atoms with Crippen LogP contribution in [0.3, 0.4) is 0 Å². The molecule has 5 rings (SSSR count). The molecule has 168 valence electrons. The van der Waals surface area contributed by atoms with E-state index in [4.69, 9.17) is 0 Å². The van der Waals surface area contributed by atoms with Gasteiger partial charge in [-0.3, -0.25) is 4.79 Å². The van der Waals surface area contributed by atoms with Crippen molar-refractivity contribution in [2.45, 2.75) is 31.5 Å². The molecule has 3 atom stereocenters. The van der Waals surface area contributed by atoms with Crippen molar-refractivity contribution >= 4 is 17.2 Å². The van der Waals surface area contributed by atoms with Crippen LogP contribution in [0.4, 0.5) is 4.39 Å². The van der Waals surface area contributed by atoms with Crippen LogP contribution in [-0.2, 0) is 0 Å². The third kappa shape index (κ3) is 4.31. The third-order valence-electron chi connectivity index (χ3n) is 6.11. The van der Waals surface area contributed by atoms with E-state index in [0.29, 0.717) is 17.0 Å². The Balaban J connectivity index is 1.46. The fourth-order valence-corrected chi connectivity index (χ4v) is 4.99. The number of β-amino-alcohol motifs (C(OH)–C–C–N with tert-alkyl or cyclic N) is 1. The number of nitrogens with zero attached hydrogens (tertiary/aromatic N) is 4. The summed E-state index contributed by atoms with van der Waals surface area (Å²) in [7, 11) is 0. The van der Waals surface area contributed by atoms with Crippen LogP contribution in [0.25, 0.3) is 11.3 Å². The highest BCUT2D eigenvalue weighted by atomic mass is 32.1. The normalized spacial score (nSPS) is 20.7. The maximum absolute atomic E-state index is 13.3. The minimum Gasteiger partial charge on any atom is -0.389 e. The van der Waals surface area contributed by atoms with Crippen LogP contribution in [0, 0.1) is 12.7 Å². The Morgan fingerprint density at radius 1 is 1.12 bits per heavy atom. The summed E-state index contributed by atoms with van der Waals surface area (Å²) < 4.78 is 14.9. The number of piperidine rings is 1. The minimum absolute atomic E-state index is 0.0846. The molecule has 2 aromatic heterocycles. The van der Waals surface area contributed by atoms with Gasteiger partial charge in [-0.25, -0.2) is 9.07 Å². The topological polar surface area (TPSA) is 71.2 Å². The van der Waals surface area contributed by atoms with E-state index in [0.717, 1.165) is 16.7 Å². The summed E-state index contributed by atoms with van der Waals surface area (Å²) in [4.78, 5) is 15.7. The van der Waals surface area contributed by atoms with E-state index in [9.17, 15) is 14.3 Å². The van der Waals surface area contributed by atoms with E-state index in [1.165, 1.54) is 23.5 Å². The lowest BCUT2D eigenvalue weighted by atomic mass is 9.89. The van der Waals surface area contributed by atoms with Gasteiger partial charge in [-0.2, -0.15) is 0 Å². The average Bonchev–Trinajstić information content (AvgIpc) is 3.52. The lowest BCUT2D eigenvalue weighted by molar-refractivity contribution is -0.00383. The van der Waals surface area contributed by atoms with Crippen LogP contribution in [0.5, 0.6) is 0 Å². The number of aromatic nitrogens is 3. The van der Waals surface area contributed by atoms with Gasteiger partial charge in [-0.1, -0.05) is 41.1 Å². The average molecular weight is 463 g/mol. The van der Waals surface area contributed by atoms with E-state index in [1.807, 2.05) is 48.7 Å². The van der Waals surface area contributed by atoms with Crippen LogP contribution in [0.2, 0.25) is 0 Å². The lowest BCUT2D eigenvalue weighted by Gasteiger charge is -2.42. The largest absolute Gasteiger partial charge is 0.389 e. The summed E-state index contributed by atoms with van der Waals surface area (Å²) in [6.45, 7) is 2.21. The highest BCUT2D eigenvalue weighted by Gasteiger charge is 2.39. The van der Waals surface area contributed by atoms with Gasteiger partial charge >= 0.3 is 0 Å². The van der Waals surface area contributed by atoms with Crippen molar-refractivity contribution in [2.24, 2.45) is 0 Å². The number of likely N-dealkylation sites (tertiary alicyclic amines) is 1. The van der Waals surface area contributed by atoms with Crippen LogP contribution in [-0.4, -0.2) is 43.6 Å². The summed E-state index contributed by atoms with van der Waals surface area (Å²) in [5.74, 6) is -0.399. The maximum Gasteiger partial charge on any atom is 0.264 e. The lowest BCUT2D eigenvalue weighted by Crippen LogP contribution is -2.49. The number of carbonyl (C=O) groups is 1. The Hall–Kier alpha value is -3.36. The van der Waals surface area contributed by atoms with Crippen molar-refractivity contribution in [3.63, 3.8) is 0 Å². The number of carbonyl (C=O) groups excluding carboxylic acids is 1. The minimum atomic E-state index is -0.807. The Morgan fingerprint density at radius 3 is 2.58 bits per heavy atom. The molecule has 1 aliphatic heterocycles. The number of rotatable bonds is 4. The molecule has 1 aliphatic rings. The van der Waals surface area contributed by atoms with Gasteiger partial charge in [0.2, 0.25) is 0 Å². The second-order valence-electron chi connectivity index (χ2n) is 8.32. The zero-order chi connectivity index (χ0) is 22.9. The van der Waals surface area contributed by atoms with Gasteiger partial charge in [0.05, 0.1) is 29.3 Å². The molecule has 4 aromatic rings. The molecule has 0 saturated carbocycles. The highest BCUT2D eigenvalue weighted by Crippen LogP contribution is 2.38. The second kappa shape index (κ2) is 8.88. The smallest absolute Gasteiger partial charge is 0.264 e. The Labute approximate surface area is 194 Å². The van der Waals surface area contributed by atoms with Gasteiger partial charge in [0.1, 0.15) is 11.5 Å². The number of hydrogen-bond acceptors (Lipinski definition) is 5. The number of amides is 1. The SMILES string of the molecule is Cc1ccc([C@H]2C[C@@H](n3cc(-c4ccc(F)cc4)nn3)[C@H](O)CN2C(=O)c2cccs2)cc1. The molecule has 1 N–H and O–H groups in total. The van der Waals surface area contributed by atoms with Crippen molar-refractivity contribution in [1.82, 2.24) is 19.9 Å². The molecule has 1 saturated heterocycles. The summed E-state index contributed by atoms with van der Waals surface area (Å²) >= 11 is 1.40. The fourth-order valence-electron chi connectivity index (χ4n) is 4.31. The summed E-state index contributed by atoms with van der Waals surface area (Å²) in [6, 6.07) is 17.3. The zero-order valence-electron chi connectivity index (χ0n) is 18.0. The number of thiophene rings is 1. The number of aryl methyl sites for hydroxylation is 1. The first-order chi connectivity index (χ1) is 16.0. The Kier molecular flexibility index (Phi) is 5.78. The highest BCUT2D eigenvalue weighted by molar-refractivity contribution is 7.12. The van der Waals surface area contributed by atoms with Crippen molar-refractivity contribution in [1.29, 1.82) is 0 Å². The van der Waals surface area contributed by atoms with E-state index in [-0.39, 0.29) is 30.4 Å². The predicted molar refractivity (Wildman–Crippen MR) is 124 cm³/mol. The van der Waals surface area contributed by atoms with Crippen molar-refractivity contribution in [2.75, 3.05) is 6.54 Å². The Bertz CT molecular complexity index is 1240. The van der Waals surface area contributed by atoms with Crippen LogP contribution in [0.15, 0.2) is 72.2 Å². The first kappa shape index (κ1) is 21.5. The van der Waals surface area contributed by atoms with Gasteiger partial charge in [0.15, 0.2) is 0 Å². The van der Waals surface area contributed by atoms with Crippen molar-refractivity contribution < 1.29 is 14.3 Å². The molecule has 0 unspecified atom stereocenters. The quantitative estimate of drug-likeness (QED) is 0.480. The molecule has 0 radical (unpaired) electrons. The molecule has 0 bridgehead atoms. The molecule has 2 aromatic carbocycles. The van der Waals surface area contributed by atoms with E-state index in [1.54, 1.807) is 27.9 Å². The number of aliphatic hydroxyl groups excluding tert-OH is 1. The molecule has 6 nitrogen and oxygen atoms in total. The first-order valence-corrected chi connectivity index (χ1v) is 11.6. The van der Waals surface area contributed by atoms with E-state index in [2.05, 4.69) is 10.3 Å². The molecule has 0 aliphatic carbocycles. The van der Waals surface area contributed by atoms with Gasteiger partial charge in [-0.05, 0) is 54.6 Å². The second-order valence-corrected chi connectivity index (χ2v) is 9.27. The molecule has 8 heteroatoms. The van der Waals surface area contributed by atoms with Crippen LogP contribution >= 0.6 is 11.3 Å². The molecule has 1 amide bonds. The number of benzene rings is 2. The number of hydrogen-bond donors (Lipinski definition) is 1. The fraction of sp³-hybridized carbons (Fsp3) is 0.240. The molecular formula is C25H23FN4O2S. The first-order valence-electron chi connectivity index (χ1n) is 10.8. The molecule has 3 heterocycles. The summed E-state index contributed by atoms with van der Waals surface area (Å²) in [5.41, 5.74) is 3.51. The summed E-state index contributed by atoms with van der Waals surface area (Å²) in [5, 5.41) is 21.4. The van der Waals surface area contributed by atoms with Gasteiger partial charge < -0.3 is 10.0 Å². The van der Waals surface area contributed by atoms with Crippen molar-refractivity contribution in [3.05, 3.63) is 94.1 Å². The summed E-state index contributed by atoms with van der Waals surface area (Å²) in [6.07, 6.45) is 1.45. The molecule has 33 heavy (non-hydrogen) atoms. The molecule has 1 fully saturated rings. The third-order valence-corrected chi connectivity index (χ3v) is 6.97. The van der Waals surface area contributed by atoms with E-state index >= 15 is 0 Å². The van der Waals surface area contributed by atoms with Gasteiger partial charge in [0.25, 0.3) is 5.91 Å². The van der Waals surface area contributed by atoms with Gasteiger partial charge in [0, 0.05) is 12.1 Å². The van der Waals surface area contributed by atoms with Crippen LogP contribution < -0.4 is 0 Å². The van der Waals surface area contributed by atoms with Gasteiger partial charge in [-0.15, -0.1) is 16.4 Å². The standard InChI is InChI=1S/C25H23FN4O2S/c1-16-4-6-18(7-5-16)21-13-22(23(31)15-29(21)25(32)24-3-2-12-33-24)30-14-20(27-28-30)17-8-10-19(26)11-9-17/h2-12,14,21-23,31H,13,15H2,1H3/t21-,22-,23-/m1/s1. The Morgan fingerprint density at radius 2 is 1.88 bits per heavy atom. The van der Waals surface area contributed by atoms with Crippen LogP contribution in [0.1, 0.15) is 39.3 Å².